The first-order valence-corrected chi connectivity index (χ1v) is 12.8. The molecule has 0 spiro atoms. The van der Waals surface area contributed by atoms with E-state index in [1.54, 1.807) is 16.4 Å². The normalized spacial score (nSPS) is 18.5. The van der Waals surface area contributed by atoms with E-state index in [0.717, 1.165) is 29.5 Å². The number of amides is 1. The molecule has 0 N–H and O–H groups in total. The molecule has 6 nitrogen and oxygen atoms in total. The number of aryl methyl sites for hydroxylation is 2. The number of rotatable bonds is 4. The number of sulfonamides is 1. The van der Waals surface area contributed by atoms with E-state index >= 15 is 0 Å². The van der Waals surface area contributed by atoms with Crippen LogP contribution in [0, 0.1) is 5.92 Å². The van der Waals surface area contributed by atoms with Crippen LogP contribution >= 0.6 is 11.3 Å². The van der Waals surface area contributed by atoms with Gasteiger partial charge < -0.3 is 4.57 Å². The van der Waals surface area contributed by atoms with Gasteiger partial charge in [0.05, 0.1) is 15.1 Å². The molecule has 0 bridgehead atoms. The summed E-state index contributed by atoms with van der Waals surface area (Å²) in [5, 5.41) is 0. The van der Waals surface area contributed by atoms with Gasteiger partial charge in [-0.25, -0.2) is 8.42 Å². The molecular formula is C23H27N3O3S2. The zero-order valence-electron chi connectivity index (χ0n) is 18.0. The summed E-state index contributed by atoms with van der Waals surface area (Å²) in [6.45, 7) is 5.27. The minimum absolute atomic E-state index is 0.220. The molecule has 1 atom stereocenters. The van der Waals surface area contributed by atoms with Gasteiger partial charge in [-0.15, -0.1) is 0 Å². The molecule has 0 aliphatic carbocycles. The molecule has 1 aliphatic rings. The van der Waals surface area contributed by atoms with Crippen molar-refractivity contribution >= 4 is 37.5 Å². The summed E-state index contributed by atoms with van der Waals surface area (Å²) in [7, 11) is -1.64. The number of carbonyl (C=O) groups is 1. The topological polar surface area (TPSA) is 71.7 Å². The Morgan fingerprint density at radius 2 is 1.94 bits per heavy atom. The predicted octanol–water partition coefficient (Wildman–Crippen LogP) is 3.96. The highest BCUT2D eigenvalue weighted by Crippen LogP contribution is 2.24. The smallest absolute Gasteiger partial charge is 0.279 e. The van der Waals surface area contributed by atoms with E-state index in [4.69, 9.17) is 0 Å². The van der Waals surface area contributed by atoms with Gasteiger partial charge in [0.2, 0.25) is 10.0 Å². The van der Waals surface area contributed by atoms with Crippen molar-refractivity contribution in [2.24, 2.45) is 18.0 Å². The molecule has 0 radical (unpaired) electrons. The number of nitrogens with zero attached hydrogens (tertiary/aromatic N) is 3. The lowest BCUT2D eigenvalue weighted by Gasteiger charge is -2.30. The summed E-state index contributed by atoms with van der Waals surface area (Å²) < 4.78 is 30.4. The first-order chi connectivity index (χ1) is 14.8. The first kappa shape index (κ1) is 21.9. The van der Waals surface area contributed by atoms with Gasteiger partial charge in [-0.3, -0.25) is 4.79 Å². The lowest BCUT2D eigenvalue weighted by molar-refractivity contribution is 0.0998. The summed E-state index contributed by atoms with van der Waals surface area (Å²) in [5.74, 6) is -0.0213. The fraction of sp³-hybridized carbons (Fsp3) is 0.391. The van der Waals surface area contributed by atoms with E-state index in [1.807, 2.05) is 11.6 Å². The van der Waals surface area contributed by atoms with Crippen molar-refractivity contribution in [3.8, 4) is 0 Å². The highest BCUT2D eigenvalue weighted by Gasteiger charge is 2.28. The summed E-state index contributed by atoms with van der Waals surface area (Å²) in [5.41, 5.74) is 2.65. The van der Waals surface area contributed by atoms with Gasteiger partial charge in [-0.1, -0.05) is 31.3 Å². The second kappa shape index (κ2) is 8.68. The molecule has 1 aromatic heterocycles. The average Bonchev–Trinajstić information content (AvgIpc) is 3.08. The Bertz CT molecular complexity index is 1290. The number of benzene rings is 2. The predicted molar refractivity (Wildman–Crippen MR) is 124 cm³/mol. The van der Waals surface area contributed by atoms with E-state index in [9.17, 15) is 13.2 Å². The van der Waals surface area contributed by atoms with Crippen LogP contribution < -0.4 is 4.80 Å². The van der Waals surface area contributed by atoms with E-state index in [0.29, 0.717) is 29.4 Å². The number of piperidine rings is 1. The van der Waals surface area contributed by atoms with Crippen LogP contribution in [0.4, 0.5) is 0 Å². The monoisotopic (exact) mass is 457 g/mol. The number of thiazole rings is 1. The Morgan fingerprint density at radius 3 is 2.61 bits per heavy atom. The van der Waals surface area contributed by atoms with Gasteiger partial charge in [0, 0.05) is 25.7 Å². The van der Waals surface area contributed by atoms with Crippen LogP contribution in [-0.2, 0) is 23.5 Å². The van der Waals surface area contributed by atoms with Crippen LogP contribution in [0.3, 0.4) is 0 Å². The molecule has 0 saturated carbocycles. The number of aromatic nitrogens is 1. The van der Waals surface area contributed by atoms with E-state index in [2.05, 4.69) is 37.0 Å². The maximum absolute atomic E-state index is 12.9. The molecule has 1 amide bonds. The molecular weight excluding hydrogens is 430 g/mol. The maximum Gasteiger partial charge on any atom is 0.279 e. The van der Waals surface area contributed by atoms with Gasteiger partial charge in [-0.2, -0.15) is 9.30 Å². The molecule has 2 aromatic carbocycles. The van der Waals surface area contributed by atoms with E-state index in [-0.39, 0.29) is 10.8 Å². The average molecular weight is 458 g/mol. The van der Waals surface area contributed by atoms with Gasteiger partial charge in [0.1, 0.15) is 0 Å². The molecule has 1 saturated heterocycles. The molecule has 2 heterocycles. The standard InChI is InChI=1S/C23H27N3O3S2/c1-4-17-7-12-20-21(14-17)30-23(25(20)3)24-22(27)18-8-10-19(11-9-18)31(28,29)26-13-5-6-16(2)15-26/h7-12,14,16H,4-6,13,15H2,1-3H3. The molecule has 1 aliphatic heterocycles. The third kappa shape index (κ3) is 4.37. The van der Waals surface area contributed by atoms with Crippen molar-refractivity contribution in [1.29, 1.82) is 0 Å². The Kier molecular flexibility index (Phi) is 6.14. The van der Waals surface area contributed by atoms with Crippen molar-refractivity contribution in [2.45, 2.75) is 38.0 Å². The quantitative estimate of drug-likeness (QED) is 0.595. The zero-order chi connectivity index (χ0) is 22.2. The summed E-state index contributed by atoms with van der Waals surface area (Å²) in [4.78, 5) is 17.9. The molecule has 3 aromatic rings. The molecule has 8 heteroatoms. The van der Waals surface area contributed by atoms with E-state index in [1.165, 1.54) is 29.0 Å². The number of hydrogen-bond acceptors (Lipinski definition) is 4. The second-order valence-corrected chi connectivity index (χ2v) is 11.1. The molecule has 1 unspecified atom stereocenters. The minimum atomic E-state index is -3.54. The van der Waals surface area contributed by atoms with Gasteiger partial charge in [-0.05, 0) is 67.1 Å². The van der Waals surface area contributed by atoms with Crippen molar-refractivity contribution in [1.82, 2.24) is 8.87 Å². The number of fused-ring (bicyclic) bond motifs is 1. The SMILES string of the molecule is CCc1ccc2c(c1)sc(=NC(=O)c1ccc(S(=O)(=O)N3CCCC(C)C3)cc1)n2C. The summed E-state index contributed by atoms with van der Waals surface area (Å²) in [6, 6.07) is 12.4. The Hall–Kier alpha value is -2.29. The number of hydrogen-bond donors (Lipinski definition) is 0. The van der Waals surface area contributed by atoms with Crippen molar-refractivity contribution < 1.29 is 13.2 Å². The summed E-state index contributed by atoms with van der Waals surface area (Å²) in [6.07, 6.45) is 2.88. The van der Waals surface area contributed by atoms with Crippen LogP contribution in [0.2, 0.25) is 0 Å². The van der Waals surface area contributed by atoms with Crippen molar-refractivity contribution in [2.75, 3.05) is 13.1 Å². The van der Waals surface area contributed by atoms with Crippen LogP contribution in [-0.4, -0.2) is 36.3 Å². The minimum Gasteiger partial charge on any atom is -0.319 e. The Balaban J connectivity index is 1.60. The highest BCUT2D eigenvalue weighted by atomic mass is 32.2. The van der Waals surface area contributed by atoms with Crippen LogP contribution in [0.5, 0.6) is 0 Å². The molecule has 31 heavy (non-hydrogen) atoms. The maximum atomic E-state index is 12.9. The second-order valence-electron chi connectivity index (χ2n) is 8.15. The number of carbonyl (C=O) groups excluding carboxylic acids is 1. The zero-order valence-corrected chi connectivity index (χ0v) is 19.7. The van der Waals surface area contributed by atoms with Crippen LogP contribution in [0.15, 0.2) is 52.4 Å². The molecule has 164 valence electrons. The Labute approximate surface area is 186 Å². The Morgan fingerprint density at radius 1 is 1.19 bits per heavy atom. The van der Waals surface area contributed by atoms with Gasteiger partial charge in [0.25, 0.3) is 5.91 Å². The largest absolute Gasteiger partial charge is 0.319 e. The fourth-order valence-corrected chi connectivity index (χ4v) is 6.62. The van der Waals surface area contributed by atoms with Gasteiger partial charge >= 0.3 is 0 Å². The van der Waals surface area contributed by atoms with Crippen LogP contribution in [0.25, 0.3) is 10.2 Å². The lowest BCUT2D eigenvalue weighted by atomic mass is 10.0. The van der Waals surface area contributed by atoms with Crippen molar-refractivity contribution in [3.63, 3.8) is 0 Å². The van der Waals surface area contributed by atoms with Crippen LogP contribution in [0.1, 0.15) is 42.6 Å². The third-order valence-electron chi connectivity index (χ3n) is 5.84. The van der Waals surface area contributed by atoms with E-state index < -0.39 is 10.0 Å². The highest BCUT2D eigenvalue weighted by molar-refractivity contribution is 7.89. The van der Waals surface area contributed by atoms with Gasteiger partial charge in [0.15, 0.2) is 4.80 Å². The summed E-state index contributed by atoms with van der Waals surface area (Å²) >= 11 is 1.48. The lowest BCUT2D eigenvalue weighted by Crippen LogP contribution is -2.39. The fourth-order valence-electron chi connectivity index (χ4n) is 3.94. The molecule has 4 rings (SSSR count). The first-order valence-electron chi connectivity index (χ1n) is 10.6. The third-order valence-corrected chi connectivity index (χ3v) is 8.81. The van der Waals surface area contributed by atoms with Crippen molar-refractivity contribution in [3.05, 3.63) is 58.4 Å². The molecule has 1 fully saturated rings.